The van der Waals surface area contributed by atoms with Gasteiger partial charge in [0, 0.05) is 38.2 Å². The Kier molecular flexibility index (Phi) is 5.30. The second kappa shape index (κ2) is 7.75. The maximum Gasteiger partial charge on any atom is 0.407 e. The Hall–Kier alpha value is -2.46. The molecule has 156 valence electrons. The van der Waals surface area contributed by atoms with Gasteiger partial charge < -0.3 is 14.5 Å². The first-order chi connectivity index (χ1) is 13.8. The molecule has 4 rings (SSSR count). The molecule has 1 aromatic heterocycles. The monoisotopic (exact) mass is 420 g/mol. The minimum atomic E-state index is -3.19. The van der Waals surface area contributed by atoms with Crippen LogP contribution in [0.3, 0.4) is 0 Å². The average molecular weight is 420 g/mol. The van der Waals surface area contributed by atoms with E-state index in [2.05, 4.69) is 10.1 Å². The molecule has 1 aromatic carbocycles. The lowest BCUT2D eigenvalue weighted by Crippen LogP contribution is -2.37. The van der Waals surface area contributed by atoms with E-state index >= 15 is 0 Å². The summed E-state index contributed by atoms with van der Waals surface area (Å²) >= 11 is 0. The number of rotatable bonds is 4. The third-order valence-corrected chi connectivity index (χ3v) is 6.98. The molecule has 0 atom stereocenters. The number of likely N-dealkylation sites (tertiary alicyclic amines) is 1. The Labute approximate surface area is 169 Å². The van der Waals surface area contributed by atoms with E-state index in [4.69, 9.17) is 9.63 Å². The van der Waals surface area contributed by atoms with E-state index in [0.29, 0.717) is 56.7 Å². The van der Waals surface area contributed by atoms with E-state index in [1.54, 1.807) is 0 Å². The van der Waals surface area contributed by atoms with Gasteiger partial charge >= 0.3 is 6.09 Å². The smallest absolute Gasteiger partial charge is 0.407 e. The van der Waals surface area contributed by atoms with Crippen molar-refractivity contribution in [1.29, 1.82) is 0 Å². The zero-order chi connectivity index (χ0) is 20.6. The van der Waals surface area contributed by atoms with Crippen LogP contribution in [0, 0.1) is 5.92 Å². The highest BCUT2D eigenvalue weighted by Crippen LogP contribution is 2.27. The summed E-state index contributed by atoms with van der Waals surface area (Å²) in [7, 11) is -3.19. The highest BCUT2D eigenvalue weighted by molar-refractivity contribution is 7.88. The van der Waals surface area contributed by atoms with Crippen LogP contribution in [0.5, 0.6) is 0 Å². The molecular weight excluding hydrogens is 396 g/mol. The number of piperidine rings is 1. The third kappa shape index (κ3) is 4.43. The summed E-state index contributed by atoms with van der Waals surface area (Å²) in [4.78, 5) is 17.0. The first-order valence-electron chi connectivity index (χ1n) is 9.67. The van der Waals surface area contributed by atoms with Crippen LogP contribution in [-0.4, -0.2) is 64.9 Å². The van der Waals surface area contributed by atoms with Gasteiger partial charge in [-0.25, -0.2) is 13.2 Å². The molecule has 1 saturated heterocycles. The molecule has 3 heterocycles. The number of sulfonamides is 1. The molecule has 10 heteroatoms. The molecule has 0 radical (unpaired) electrons. The summed E-state index contributed by atoms with van der Waals surface area (Å²) in [6.07, 6.45) is 3.26. The molecule has 0 spiro atoms. The van der Waals surface area contributed by atoms with Gasteiger partial charge in [-0.3, -0.25) is 0 Å². The van der Waals surface area contributed by atoms with Crippen LogP contribution in [-0.2, 0) is 29.4 Å². The van der Waals surface area contributed by atoms with Crippen molar-refractivity contribution >= 4 is 16.1 Å². The molecule has 9 nitrogen and oxygen atoms in total. The first-order valence-corrected chi connectivity index (χ1v) is 11.5. The summed E-state index contributed by atoms with van der Waals surface area (Å²) in [5.74, 6) is 1.43. The summed E-state index contributed by atoms with van der Waals surface area (Å²) in [5.41, 5.74) is 2.96. The van der Waals surface area contributed by atoms with Gasteiger partial charge in [-0.2, -0.15) is 9.29 Å². The number of hydrogen-bond donors (Lipinski definition) is 1. The molecule has 2 aliphatic rings. The van der Waals surface area contributed by atoms with Gasteiger partial charge in [0.05, 0.1) is 6.26 Å². The highest BCUT2D eigenvalue weighted by Gasteiger charge is 2.25. The largest absolute Gasteiger partial charge is 0.465 e. The van der Waals surface area contributed by atoms with E-state index in [0.717, 1.165) is 29.5 Å². The van der Waals surface area contributed by atoms with Crippen molar-refractivity contribution in [2.45, 2.75) is 32.2 Å². The van der Waals surface area contributed by atoms with Crippen LogP contribution >= 0.6 is 0 Å². The van der Waals surface area contributed by atoms with Crippen molar-refractivity contribution in [2.75, 3.05) is 25.9 Å². The first kappa shape index (κ1) is 19.8. The minimum Gasteiger partial charge on any atom is -0.465 e. The number of hydrogen-bond acceptors (Lipinski definition) is 6. The Morgan fingerprint density at radius 3 is 2.69 bits per heavy atom. The maximum atomic E-state index is 11.8. The van der Waals surface area contributed by atoms with E-state index < -0.39 is 16.1 Å². The predicted molar refractivity (Wildman–Crippen MR) is 105 cm³/mol. The molecule has 1 N–H and O–H groups in total. The van der Waals surface area contributed by atoms with E-state index in [1.165, 1.54) is 15.5 Å². The lowest BCUT2D eigenvalue weighted by molar-refractivity contribution is 0.123. The topological polar surface area (TPSA) is 117 Å². The molecule has 0 unspecified atom stereocenters. The van der Waals surface area contributed by atoms with Crippen LogP contribution < -0.4 is 0 Å². The van der Waals surface area contributed by atoms with E-state index in [9.17, 15) is 13.2 Å². The van der Waals surface area contributed by atoms with Gasteiger partial charge in [0.1, 0.15) is 0 Å². The molecule has 29 heavy (non-hydrogen) atoms. The van der Waals surface area contributed by atoms with Gasteiger partial charge in [-0.05, 0) is 42.4 Å². The van der Waals surface area contributed by atoms with Crippen molar-refractivity contribution in [3.05, 3.63) is 35.2 Å². The Morgan fingerprint density at radius 1 is 1.24 bits per heavy atom. The SMILES string of the molecule is CS(=O)(=O)N1CCc2cc(-c3noc(CC4CCN(C(=O)O)CC4)n3)ccc2C1. The van der Waals surface area contributed by atoms with Crippen LogP contribution in [0.25, 0.3) is 11.4 Å². The number of aromatic nitrogens is 2. The molecule has 0 saturated carbocycles. The summed E-state index contributed by atoms with van der Waals surface area (Å²) in [6.45, 7) is 1.94. The summed E-state index contributed by atoms with van der Waals surface area (Å²) in [5, 5.41) is 13.1. The molecule has 2 aliphatic heterocycles. The fourth-order valence-corrected chi connectivity index (χ4v) is 4.78. The Morgan fingerprint density at radius 2 is 2.00 bits per heavy atom. The van der Waals surface area contributed by atoms with Crippen LogP contribution in [0.4, 0.5) is 4.79 Å². The number of carbonyl (C=O) groups is 1. The molecule has 0 aliphatic carbocycles. The molecular formula is C19H24N4O5S. The lowest BCUT2D eigenvalue weighted by atomic mass is 9.94. The van der Waals surface area contributed by atoms with E-state index in [-0.39, 0.29) is 0 Å². The second-order valence-corrected chi connectivity index (χ2v) is 9.74. The number of benzene rings is 1. The number of fused-ring (bicyclic) bond motifs is 1. The van der Waals surface area contributed by atoms with Gasteiger partial charge in [-0.1, -0.05) is 17.3 Å². The van der Waals surface area contributed by atoms with Crippen molar-refractivity contribution < 1.29 is 22.8 Å². The normalized spacial score (nSPS) is 18.6. The van der Waals surface area contributed by atoms with E-state index in [1.807, 2.05) is 18.2 Å². The van der Waals surface area contributed by atoms with Crippen molar-refractivity contribution in [3.8, 4) is 11.4 Å². The number of nitrogens with zero attached hydrogens (tertiary/aromatic N) is 4. The zero-order valence-corrected chi connectivity index (χ0v) is 17.1. The van der Waals surface area contributed by atoms with Crippen LogP contribution in [0.15, 0.2) is 22.7 Å². The van der Waals surface area contributed by atoms with Crippen molar-refractivity contribution in [3.63, 3.8) is 0 Å². The Balaban J connectivity index is 1.42. The fraction of sp³-hybridized carbons (Fsp3) is 0.526. The quantitative estimate of drug-likeness (QED) is 0.804. The Bertz CT molecular complexity index is 1010. The van der Waals surface area contributed by atoms with Gasteiger partial charge in [0.15, 0.2) is 0 Å². The standard InChI is InChI=1S/C19H24N4O5S/c1-29(26,27)23-9-6-14-11-15(2-3-16(14)12-23)18-20-17(28-21-18)10-13-4-7-22(8-5-13)19(24)25/h2-3,11,13H,4-10,12H2,1H3,(H,24,25). The van der Waals surface area contributed by atoms with Gasteiger partial charge in [0.2, 0.25) is 21.7 Å². The lowest BCUT2D eigenvalue weighted by Gasteiger charge is -2.29. The molecule has 2 aromatic rings. The predicted octanol–water partition coefficient (Wildman–Crippen LogP) is 1.99. The van der Waals surface area contributed by atoms with Crippen molar-refractivity contribution in [1.82, 2.24) is 19.3 Å². The second-order valence-electron chi connectivity index (χ2n) is 7.76. The van der Waals surface area contributed by atoms with Crippen LogP contribution in [0.2, 0.25) is 0 Å². The van der Waals surface area contributed by atoms with Crippen molar-refractivity contribution in [2.24, 2.45) is 5.92 Å². The van der Waals surface area contributed by atoms with Crippen LogP contribution in [0.1, 0.15) is 29.9 Å². The number of amides is 1. The zero-order valence-electron chi connectivity index (χ0n) is 16.2. The third-order valence-electron chi connectivity index (χ3n) is 5.73. The highest BCUT2D eigenvalue weighted by atomic mass is 32.2. The summed E-state index contributed by atoms with van der Waals surface area (Å²) < 4.78 is 30.4. The minimum absolute atomic E-state index is 0.337. The molecule has 0 bridgehead atoms. The maximum absolute atomic E-state index is 11.8. The molecule has 1 fully saturated rings. The number of carboxylic acid groups (broad SMARTS) is 1. The summed E-state index contributed by atoms with van der Waals surface area (Å²) in [6, 6.07) is 5.83. The van der Waals surface area contributed by atoms with Gasteiger partial charge in [0.25, 0.3) is 0 Å². The van der Waals surface area contributed by atoms with Gasteiger partial charge in [-0.15, -0.1) is 0 Å². The fourth-order valence-electron chi connectivity index (χ4n) is 3.98. The molecule has 1 amide bonds. The average Bonchev–Trinajstić information content (AvgIpc) is 3.15.